The van der Waals surface area contributed by atoms with Crippen molar-refractivity contribution < 1.29 is 29.3 Å². The number of ether oxygens (including phenoxy) is 1. The molecule has 6 nitrogen and oxygen atoms in total. The van der Waals surface area contributed by atoms with Gasteiger partial charge >= 0.3 is 0 Å². The quantitative estimate of drug-likeness (QED) is 0.164. The lowest BCUT2D eigenvalue weighted by Crippen LogP contribution is -2.51. The summed E-state index contributed by atoms with van der Waals surface area (Å²) in [6, 6.07) is 1.19. The van der Waals surface area contributed by atoms with Crippen molar-refractivity contribution in [3.8, 4) is 17.2 Å². The van der Waals surface area contributed by atoms with Gasteiger partial charge in [0.15, 0.2) is 17.3 Å². The monoisotopic (exact) mass is 526 g/mol. The van der Waals surface area contributed by atoms with Crippen molar-refractivity contribution in [3.63, 3.8) is 0 Å². The van der Waals surface area contributed by atoms with Gasteiger partial charge in [0.2, 0.25) is 0 Å². The molecule has 6 heteroatoms. The van der Waals surface area contributed by atoms with Crippen LogP contribution in [0.4, 0.5) is 0 Å². The molecule has 0 saturated heterocycles. The molecular formula is C32H46O6. The van der Waals surface area contributed by atoms with Crippen LogP contribution in [0.3, 0.4) is 0 Å². The molecule has 1 aliphatic carbocycles. The molecule has 0 bridgehead atoms. The summed E-state index contributed by atoms with van der Waals surface area (Å²) in [5.41, 5.74) is -1.58. The van der Waals surface area contributed by atoms with Crippen LogP contribution in [0, 0.1) is 16.7 Å². The summed E-state index contributed by atoms with van der Waals surface area (Å²) in [7, 11) is 0. The van der Waals surface area contributed by atoms with Gasteiger partial charge < -0.3 is 14.9 Å². The fraction of sp³-hybridized carbons (Fsp3) is 0.656. The predicted molar refractivity (Wildman–Crippen MR) is 149 cm³/mol. The number of aromatic hydroxyl groups is 2. The van der Waals surface area contributed by atoms with Crippen LogP contribution in [0.25, 0.3) is 0 Å². The van der Waals surface area contributed by atoms with E-state index < -0.39 is 16.7 Å². The zero-order valence-corrected chi connectivity index (χ0v) is 24.3. The average Bonchev–Trinajstić information content (AvgIpc) is 2.83. The van der Waals surface area contributed by atoms with E-state index in [1.807, 2.05) is 13.8 Å². The lowest BCUT2D eigenvalue weighted by molar-refractivity contribution is -0.144. The molecule has 38 heavy (non-hydrogen) atoms. The van der Waals surface area contributed by atoms with Gasteiger partial charge in [0, 0.05) is 29.5 Å². The minimum Gasteiger partial charge on any atom is -0.507 e. The second kappa shape index (κ2) is 11.6. The van der Waals surface area contributed by atoms with Gasteiger partial charge in [0.25, 0.3) is 0 Å². The van der Waals surface area contributed by atoms with E-state index in [-0.39, 0.29) is 58.3 Å². The third-order valence-corrected chi connectivity index (χ3v) is 8.18. The number of phenols is 2. The molecule has 1 aliphatic heterocycles. The first kappa shape index (κ1) is 29.9. The second-order valence-electron chi connectivity index (χ2n) is 12.6. The Labute approximate surface area is 227 Å². The van der Waals surface area contributed by atoms with Gasteiger partial charge in [-0.1, -0.05) is 65.7 Å². The van der Waals surface area contributed by atoms with Crippen LogP contribution in [0.1, 0.15) is 135 Å². The molecular weight excluding hydrogens is 480 g/mol. The molecule has 0 amide bonds. The van der Waals surface area contributed by atoms with Crippen molar-refractivity contribution in [1.29, 1.82) is 0 Å². The molecule has 210 valence electrons. The topological polar surface area (TPSA) is 101 Å². The van der Waals surface area contributed by atoms with Crippen molar-refractivity contribution in [3.05, 3.63) is 28.5 Å². The number of unbranched alkanes of at least 4 members (excludes halogenated alkanes) is 7. The second-order valence-corrected chi connectivity index (χ2v) is 12.6. The molecule has 1 aromatic rings. The highest BCUT2D eigenvalue weighted by Gasteiger charge is 2.57. The number of rotatable bonds is 12. The van der Waals surface area contributed by atoms with E-state index >= 15 is 0 Å². The summed E-state index contributed by atoms with van der Waals surface area (Å²) >= 11 is 0. The average molecular weight is 527 g/mol. The van der Waals surface area contributed by atoms with Gasteiger partial charge in [-0.05, 0) is 46.5 Å². The molecule has 2 N–H and O–H groups in total. The molecule has 0 spiro atoms. The largest absolute Gasteiger partial charge is 0.507 e. The Hall–Kier alpha value is -2.63. The summed E-state index contributed by atoms with van der Waals surface area (Å²) in [5.74, 6) is -1.46. The number of benzene rings is 1. The highest BCUT2D eigenvalue weighted by Crippen LogP contribution is 2.57. The summed E-state index contributed by atoms with van der Waals surface area (Å²) < 4.78 is 6.29. The van der Waals surface area contributed by atoms with E-state index in [9.17, 15) is 24.6 Å². The molecule has 1 atom stereocenters. The van der Waals surface area contributed by atoms with Gasteiger partial charge in [-0.3, -0.25) is 14.4 Å². The first-order valence-corrected chi connectivity index (χ1v) is 14.4. The van der Waals surface area contributed by atoms with E-state index in [0.717, 1.165) is 19.3 Å². The van der Waals surface area contributed by atoms with E-state index in [4.69, 9.17) is 4.74 Å². The maximum atomic E-state index is 13.7. The Bertz CT molecular complexity index is 1120. The first-order chi connectivity index (χ1) is 17.8. The fourth-order valence-electron chi connectivity index (χ4n) is 6.12. The Morgan fingerprint density at radius 2 is 1.50 bits per heavy atom. The molecule has 0 saturated carbocycles. The van der Waals surface area contributed by atoms with Crippen LogP contribution in [-0.2, 0) is 9.59 Å². The molecule has 0 radical (unpaired) electrons. The van der Waals surface area contributed by atoms with Crippen LogP contribution >= 0.6 is 0 Å². The van der Waals surface area contributed by atoms with Crippen molar-refractivity contribution in [2.24, 2.45) is 16.7 Å². The van der Waals surface area contributed by atoms with Gasteiger partial charge in [-0.25, -0.2) is 0 Å². The highest BCUT2D eigenvalue weighted by molar-refractivity contribution is 6.20. The number of Topliss-reactive ketones (excluding diaryl/α,β-unsaturated/α-hetero) is 3. The first-order valence-electron chi connectivity index (χ1n) is 14.4. The van der Waals surface area contributed by atoms with Crippen LogP contribution in [0.2, 0.25) is 0 Å². The fourth-order valence-corrected chi connectivity index (χ4v) is 6.12. The summed E-state index contributed by atoms with van der Waals surface area (Å²) in [6.07, 6.45) is 9.53. The number of allylic oxidation sites excluding steroid dienone is 2. The SMILES string of the molecule is CCCCCCCCCCC(=O)c1c(O)cc(O)c2c1OC1=C(C(=O)C(C)(C)C(=O)C1(C)C)C2CC(C)C. The van der Waals surface area contributed by atoms with Crippen LogP contribution < -0.4 is 4.74 Å². The lowest BCUT2D eigenvalue weighted by atomic mass is 9.59. The molecule has 1 aromatic carbocycles. The summed E-state index contributed by atoms with van der Waals surface area (Å²) in [6.45, 7) is 13.0. The normalized spacial score (nSPS) is 19.8. The number of hydrogen-bond donors (Lipinski definition) is 2. The molecule has 0 aromatic heterocycles. The zero-order chi connectivity index (χ0) is 28.4. The van der Waals surface area contributed by atoms with Crippen LogP contribution in [0.15, 0.2) is 17.4 Å². The predicted octanol–water partition coefficient (Wildman–Crippen LogP) is 7.79. The van der Waals surface area contributed by atoms with E-state index in [1.165, 1.54) is 31.7 Å². The number of carbonyl (C=O) groups is 3. The van der Waals surface area contributed by atoms with E-state index in [1.54, 1.807) is 27.7 Å². The van der Waals surface area contributed by atoms with Gasteiger partial charge in [0.05, 0.1) is 10.8 Å². The molecule has 1 unspecified atom stereocenters. The maximum absolute atomic E-state index is 13.7. The smallest absolute Gasteiger partial charge is 0.175 e. The van der Waals surface area contributed by atoms with Crippen molar-refractivity contribution >= 4 is 17.3 Å². The standard InChI is InChI=1S/C32H46O6/c1-8-9-10-11-12-13-14-15-16-21(33)26-23(35)18-22(34)24-20(17-19(2)3)25-28(36)31(4,5)30(37)32(6,7)29(25)38-27(24)26/h18-20,34-35H,8-17H2,1-7H3. The number of carbonyl (C=O) groups excluding carboxylic acids is 3. The number of phenolic OH excluding ortho intramolecular Hbond substituents is 2. The minimum atomic E-state index is -1.24. The zero-order valence-electron chi connectivity index (χ0n) is 24.3. The van der Waals surface area contributed by atoms with Gasteiger partial charge in [-0.2, -0.15) is 0 Å². The number of fused-ring (bicyclic) bond motifs is 1. The molecule has 2 aliphatic rings. The molecule has 1 heterocycles. The third-order valence-electron chi connectivity index (χ3n) is 8.18. The lowest BCUT2D eigenvalue weighted by Gasteiger charge is -2.45. The Balaban J connectivity index is 1.99. The Morgan fingerprint density at radius 1 is 0.921 bits per heavy atom. The van der Waals surface area contributed by atoms with Crippen LogP contribution in [0.5, 0.6) is 17.2 Å². The number of hydrogen-bond acceptors (Lipinski definition) is 6. The van der Waals surface area contributed by atoms with Gasteiger partial charge in [0.1, 0.15) is 28.6 Å². The van der Waals surface area contributed by atoms with E-state index in [0.29, 0.717) is 24.0 Å². The van der Waals surface area contributed by atoms with Gasteiger partial charge in [-0.15, -0.1) is 0 Å². The minimum absolute atomic E-state index is 0.0292. The highest BCUT2D eigenvalue weighted by atomic mass is 16.5. The summed E-state index contributed by atoms with van der Waals surface area (Å²) in [4.78, 5) is 40.6. The molecule has 0 fully saturated rings. The Kier molecular flexibility index (Phi) is 9.16. The van der Waals surface area contributed by atoms with Crippen molar-refractivity contribution in [2.75, 3.05) is 0 Å². The number of ketones is 3. The van der Waals surface area contributed by atoms with Crippen molar-refractivity contribution in [2.45, 2.75) is 119 Å². The summed E-state index contributed by atoms with van der Waals surface area (Å²) in [5, 5.41) is 21.8. The van der Waals surface area contributed by atoms with E-state index in [2.05, 4.69) is 6.92 Å². The van der Waals surface area contributed by atoms with Crippen molar-refractivity contribution in [1.82, 2.24) is 0 Å². The Morgan fingerprint density at radius 3 is 2.08 bits per heavy atom. The molecule has 3 rings (SSSR count). The third kappa shape index (κ3) is 5.55. The maximum Gasteiger partial charge on any atom is 0.175 e. The van der Waals surface area contributed by atoms with Crippen LogP contribution in [-0.4, -0.2) is 27.6 Å².